The molecule has 0 N–H and O–H groups in total. The summed E-state index contributed by atoms with van der Waals surface area (Å²) in [7, 11) is 0. The molecule has 0 aromatic rings. The summed E-state index contributed by atoms with van der Waals surface area (Å²) in [6.45, 7) is 0. The summed E-state index contributed by atoms with van der Waals surface area (Å²) < 4.78 is 2.17. The van der Waals surface area contributed by atoms with Crippen LogP contribution >= 0.6 is 45.2 Å². The lowest BCUT2D eigenvalue weighted by Gasteiger charge is -2.00. The lowest BCUT2D eigenvalue weighted by Crippen LogP contribution is -1.94. The van der Waals surface area contributed by atoms with Crippen LogP contribution in [0.5, 0.6) is 0 Å². The zero-order valence-electron chi connectivity index (χ0n) is 4.03. The molecule has 0 rings (SSSR count). The summed E-state index contributed by atoms with van der Waals surface area (Å²) >= 11 is 7.65. The summed E-state index contributed by atoms with van der Waals surface area (Å²) in [5.74, 6) is 0. The Bertz CT molecular complexity index is 40.7. The summed E-state index contributed by atoms with van der Waals surface area (Å²) in [6, 6.07) is 0. The number of rotatable bonds is 3. The highest BCUT2D eigenvalue weighted by Crippen LogP contribution is 2.10. The van der Waals surface area contributed by atoms with Crippen molar-refractivity contribution in [3.8, 4) is 0 Å². The lowest BCUT2D eigenvalue weighted by molar-refractivity contribution is 0.960. The first-order valence-corrected chi connectivity index (χ1v) is 5.80. The Balaban J connectivity index is 2.83. The predicted octanol–water partition coefficient (Wildman–Crippen LogP) is 2.20. The Kier molecular flexibility index (Phi) is 7.86. The normalized spacial score (nSPS) is 14.0. The van der Waals surface area contributed by atoms with E-state index >= 15 is 0 Å². The number of hydrogen-bond donors (Lipinski definition) is 0. The van der Waals surface area contributed by atoms with Crippen LogP contribution < -0.4 is 0 Å². The first-order valence-electron chi connectivity index (χ1n) is 2.21. The molecule has 0 aliphatic carbocycles. The van der Waals surface area contributed by atoms with Crippen molar-refractivity contribution in [2.45, 2.75) is 15.6 Å². The van der Waals surface area contributed by atoms with E-state index in [1.54, 1.807) is 0 Å². The Labute approximate surface area is 80.5 Å². The molecule has 0 aromatic carbocycles. The van der Waals surface area contributed by atoms with E-state index in [4.69, 9.17) is 0 Å². The van der Waals surface area contributed by atoms with E-state index in [1.165, 1.54) is 16.1 Å². The van der Waals surface area contributed by atoms with Crippen molar-refractivity contribution in [1.82, 2.24) is 0 Å². The molecule has 0 saturated heterocycles. The molecule has 1 atom stereocenters. The molecule has 0 bridgehead atoms. The third-order valence-electron chi connectivity index (χ3n) is 0.678. The molecule has 0 aliphatic rings. The van der Waals surface area contributed by atoms with Gasteiger partial charge in [-0.3, -0.25) is 0 Å². The smallest absolute Gasteiger partial charge is 0.106 e. The monoisotopic (exact) mass is 336 g/mol. The molecule has 0 heterocycles. The Morgan fingerprint density at radius 2 is 2.14 bits per heavy atom. The second kappa shape index (κ2) is 6.12. The number of halogens is 2. The quantitative estimate of drug-likeness (QED) is 0.421. The maximum atomic E-state index is 2.76. The minimum atomic E-state index is 0.875. The van der Waals surface area contributed by atoms with Crippen LogP contribution in [0.25, 0.3) is 0 Å². The molecular weight excluding hydrogens is 329 g/mol. The molecule has 0 fully saturated rings. The standard InChI is InChI=1S/C4H7I2.Al/c1-4(6)2-3-5;/h4H,1-3H2;. The summed E-state index contributed by atoms with van der Waals surface area (Å²) in [5.41, 5.74) is 0. The van der Waals surface area contributed by atoms with E-state index in [0.717, 1.165) is 3.92 Å². The Hall–Kier alpha value is 1.99. The Morgan fingerprint density at radius 3 is 2.29 bits per heavy atom. The zero-order chi connectivity index (χ0) is 5.70. The highest BCUT2D eigenvalue weighted by molar-refractivity contribution is 14.1. The largest absolute Gasteiger partial charge is 0.119 e. The fourth-order valence-electron chi connectivity index (χ4n) is 0.236. The SMILES string of the molecule is [Al][CH2]C(I)CCI. The van der Waals surface area contributed by atoms with Crippen molar-refractivity contribution in [1.29, 1.82) is 0 Å². The second-order valence-corrected chi connectivity index (χ2v) is 4.62. The Morgan fingerprint density at radius 1 is 1.57 bits per heavy atom. The van der Waals surface area contributed by atoms with Gasteiger partial charge in [-0.15, -0.1) is 5.28 Å². The van der Waals surface area contributed by atoms with E-state index in [9.17, 15) is 0 Å². The van der Waals surface area contributed by atoms with Gasteiger partial charge in [0.05, 0.1) is 0 Å². The van der Waals surface area contributed by atoms with Crippen LogP contribution in [-0.4, -0.2) is 24.6 Å². The molecule has 0 nitrogen and oxygen atoms in total. The van der Waals surface area contributed by atoms with Gasteiger partial charge in [-0.2, -0.15) is 0 Å². The molecule has 0 amide bonds. The summed E-state index contributed by atoms with van der Waals surface area (Å²) in [4.78, 5) is 0. The van der Waals surface area contributed by atoms with Gasteiger partial charge in [-0.25, -0.2) is 0 Å². The zero-order valence-corrected chi connectivity index (χ0v) is 9.50. The fraction of sp³-hybridized carbons (Fsp3) is 1.00. The average Bonchev–Trinajstić information content (AvgIpc) is 1.68. The minimum Gasteiger partial charge on any atom is -0.106 e. The highest BCUT2D eigenvalue weighted by Gasteiger charge is 1.94. The van der Waals surface area contributed by atoms with Crippen LogP contribution in [0, 0.1) is 0 Å². The molecule has 0 saturated carbocycles. The first-order chi connectivity index (χ1) is 3.31. The van der Waals surface area contributed by atoms with Crippen LogP contribution in [0.1, 0.15) is 6.42 Å². The van der Waals surface area contributed by atoms with Crippen molar-refractivity contribution >= 4 is 61.5 Å². The van der Waals surface area contributed by atoms with E-state index < -0.39 is 0 Å². The maximum Gasteiger partial charge on any atom is 0.119 e. The van der Waals surface area contributed by atoms with Crippen LogP contribution in [-0.2, 0) is 0 Å². The first kappa shape index (κ1) is 8.99. The van der Waals surface area contributed by atoms with E-state index in [1.807, 2.05) is 0 Å². The third kappa shape index (κ3) is 5.87. The van der Waals surface area contributed by atoms with Crippen molar-refractivity contribution in [3.63, 3.8) is 0 Å². The molecule has 0 aliphatic heterocycles. The number of alkyl halides is 2. The van der Waals surface area contributed by atoms with Gasteiger partial charge in [-0.05, 0) is 10.3 Å². The van der Waals surface area contributed by atoms with Crippen LogP contribution in [0.2, 0.25) is 5.28 Å². The van der Waals surface area contributed by atoms with Gasteiger partial charge in [0.1, 0.15) is 16.3 Å². The molecule has 2 radical (unpaired) electrons. The van der Waals surface area contributed by atoms with Gasteiger partial charge in [0, 0.05) is 4.43 Å². The molecule has 40 valence electrons. The van der Waals surface area contributed by atoms with Crippen LogP contribution in [0.3, 0.4) is 0 Å². The fourth-order valence-corrected chi connectivity index (χ4v) is 2.73. The van der Waals surface area contributed by atoms with Gasteiger partial charge in [0.2, 0.25) is 0 Å². The molecule has 0 aromatic heterocycles. The predicted molar refractivity (Wildman–Crippen MR) is 51.9 cm³/mol. The van der Waals surface area contributed by atoms with E-state index in [2.05, 4.69) is 61.5 Å². The molecule has 1 unspecified atom stereocenters. The van der Waals surface area contributed by atoms with E-state index in [0.29, 0.717) is 0 Å². The maximum absolute atomic E-state index is 2.76. The highest BCUT2D eigenvalue weighted by atomic mass is 127. The molecule has 0 spiro atoms. The van der Waals surface area contributed by atoms with Crippen molar-refractivity contribution in [3.05, 3.63) is 0 Å². The lowest BCUT2D eigenvalue weighted by atomic mass is 10.4. The third-order valence-corrected chi connectivity index (χ3v) is 3.96. The van der Waals surface area contributed by atoms with Crippen molar-refractivity contribution in [2.75, 3.05) is 4.43 Å². The minimum absolute atomic E-state index is 0.875. The van der Waals surface area contributed by atoms with Gasteiger partial charge in [0.15, 0.2) is 0 Å². The number of hydrogen-bond acceptors (Lipinski definition) is 0. The van der Waals surface area contributed by atoms with Crippen LogP contribution in [0.15, 0.2) is 0 Å². The molecule has 3 heteroatoms. The van der Waals surface area contributed by atoms with Crippen molar-refractivity contribution in [2.24, 2.45) is 0 Å². The second-order valence-electron chi connectivity index (χ2n) is 1.31. The molecular formula is C4H7AlI2. The summed E-state index contributed by atoms with van der Waals surface area (Å²) in [6.07, 6.45) is 1.35. The average molecular weight is 336 g/mol. The van der Waals surface area contributed by atoms with Gasteiger partial charge in [-0.1, -0.05) is 45.2 Å². The topological polar surface area (TPSA) is 0 Å². The van der Waals surface area contributed by atoms with Gasteiger partial charge in [0.25, 0.3) is 0 Å². The van der Waals surface area contributed by atoms with Gasteiger partial charge >= 0.3 is 0 Å². The molecule has 7 heavy (non-hydrogen) atoms. The van der Waals surface area contributed by atoms with Crippen LogP contribution in [0.4, 0.5) is 0 Å². The van der Waals surface area contributed by atoms with Gasteiger partial charge < -0.3 is 0 Å². The summed E-state index contributed by atoms with van der Waals surface area (Å²) in [5, 5.41) is 1.24. The van der Waals surface area contributed by atoms with Crippen molar-refractivity contribution < 1.29 is 0 Å². The van der Waals surface area contributed by atoms with E-state index in [-0.39, 0.29) is 0 Å².